The van der Waals surface area contributed by atoms with E-state index in [0.29, 0.717) is 0 Å². The van der Waals surface area contributed by atoms with Crippen LogP contribution < -0.4 is 10.6 Å². The lowest BCUT2D eigenvalue weighted by Gasteiger charge is -2.10. The van der Waals surface area contributed by atoms with Crippen molar-refractivity contribution in [1.82, 2.24) is 10.6 Å². The summed E-state index contributed by atoms with van der Waals surface area (Å²) in [6.07, 6.45) is 1.06. The monoisotopic (exact) mass is 258 g/mol. The van der Waals surface area contributed by atoms with E-state index in [1.54, 1.807) is 0 Å². The molecule has 1 aromatic heterocycles. The van der Waals surface area contributed by atoms with E-state index in [-0.39, 0.29) is 0 Å². The highest BCUT2D eigenvalue weighted by molar-refractivity contribution is 5.27. The zero-order chi connectivity index (χ0) is 13.5. The highest BCUT2D eigenvalue weighted by Gasteiger charge is 2.02. The third-order valence-corrected chi connectivity index (χ3v) is 3.17. The van der Waals surface area contributed by atoms with E-state index in [0.717, 1.165) is 37.6 Å². The summed E-state index contributed by atoms with van der Waals surface area (Å²) >= 11 is 0. The molecule has 2 N–H and O–H groups in total. The fraction of sp³-hybridized carbons (Fsp3) is 0.375. The van der Waals surface area contributed by atoms with Crippen molar-refractivity contribution in [2.24, 2.45) is 0 Å². The van der Waals surface area contributed by atoms with Crippen LogP contribution in [-0.2, 0) is 19.5 Å². The summed E-state index contributed by atoms with van der Waals surface area (Å²) in [6, 6.07) is 12.6. The summed E-state index contributed by atoms with van der Waals surface area (Å²) in [5.74, 6) is 1.96. The average Bonchev–Trinajstić information content (AvgIpc) is 2.83. The summed E-state index contributed by atoms with van der Waals surface area (Å²) in [7, 11) is 1.99. The molecule has 0 aliphatic rings. The molecule has 0 spiro atoms. The Morgan fingerprint density at radius 2 is 1.79 bits per heavy atom. The molecule has 2 rings (SSSR count). The van der Waals surface area contributed by atoms with Gasteiger partial charge in [0.05, 0.1) is 6.54 Å². The predicted molar refractivity (Wildman–Crippen MR) is 78.1 cm³/mol. The number of hydrogen-bond donors (Lipinski definition) is 2. The third kappa shape index (κ3) is 4.23. The first-order valence-electron chi connectivity index (χ1n) is 6.77. The molecule has 3 nitrogen and oxygen atoms in total. The quantitative estimate of drug-likeness (QED) is 0.801. The molecule has 1 aromatic carbocycles. The van der Waals surface area contributed by atoms with Gasteiger partial charge in [0, 0.05) is 6.54 Å². The average molecular weight is 258 g/mol. The van der Waals surface area contributed by atoms with Crippen molar-refractivity contribution in [1.29, 1.82) is 0 Å². The largest absolute Gasteiger partial charge is 0.465 e. The third-order valence-electron chi connectivity index (χ3n) is 3.17. The van der Waals surface area contributed by atoms with E-state index in [2.05, 4.69) is 34.9 Å². The van der Waals surface area contributed by atoms with Crippen molar-refractivity contribution in [3.63, 3.8) is 0 Å². The summed E-state index contributed by atoms with van der Waals surface area (Å²) in [5.41, 5.74) is 2.76. The van der Waals surface area contributed by atoms with Gasteiger partial charge in [-0.25, -0.2) is 0 Å². The molecule has 19 heavy (non-hydrogen) atoms. The van der Waals surface area contributed by atoms with E-state index in [9.17, 15) is 0 Å². The van der Waals surface area contributed by atoms with Crippen molar-refractivity contribution in [3.05, 3.63) is 59.0 Å². The minimum Gasteiger partial charge on any atom is -0.465 e. The van der Waals surface area contributed by atoms with Crippen LogP contribution in [0.2, 0.25) is 0 Å². The van der Waals surface area contributed by atoms with E-state index >= 15 is 0 Å². The van der Waals surface area contributed by atoms with Crippen LogP contribution in [0.15, 0.2) is 40.8 Å². The Kier molecular flexibility index (Phi) is 5.19. The second-order valence-electron chi connectivity index (χ2n) is 4.74. The number of aryl methyl sites for hydroxylation is 1. The number of benzene rings is 1. The molecule has 0 unspecified atom stereocenters. The molecule has 0 saturated carbocycles. The van der Waals surface area contributed by atoms with Crippen LogP contribution in [0.3, 0.4) is 0 Å². The Morgan fingerprint density at radius 1 is 1.00 bits per heavy atom. The van der Waals surface area contributed by atoms with Crippen molar-refractivity contribution < 1.29 is 4.42 Å². The van der Waals surface area contributed by atoms with Gasteiger partial charge in [-0.15, -0.1) is 0 Å². The normalized spacial score (nSPS) is 10.8. The molecule has 1 heterocycles. The second-order valence-corrected chi connectivity index (χ2v) is 4.74. The Hall–Kier alpha value is -1.58. The molecule has 0 aliphatic heterocycles. The standard InChI is InChI=1S/C16H22N2O/c1-13-7-8-16(19-13)12-18-11-15-6-4-3-5-14(15)9-10-17-2/h3-8,17-18H,9-12H2,1-2H3. The van der Waals surface area contributed by atoms with Gasteiger partial charge in [-0.1, -0.05) is 24.3 Å². The summed E-state index contributed by atoms with van der Waals surface area (Å²) in [6.45, 7) is 4.62. The van der Waals surface area contributed by atoms with Gasteiger partial charge in [-0.3, -0.25) is 0 Å². The first kappa shape index (κ1) is 13.8. The Labute approximate surface area is 115 Å². The second kappa shape index (κ2) is 7.12. The Balaban J connectivity index is 1.88. The van der Waals surface area contributed by atoms with Gasteiger partial charge in [0.2, 0.25) is 0 Å². The van der Waals surface area contributed by atoms with E-state index in [4.69, 9.17) is 4.42 Å². The minimum atomic E-state index is 0.772. The van der Waals surface area contributed by atoms with Crippen molar-refractivity contribution in [2.45, 2.75) is 26.4 Å². The molecule has 0 bridgehead atoms. The summed E-state index contributed by atoms with van der Waals surface area (Å²) < 4.78 is 5.54. The lowest BCUT2D eigenvalue weighted by Crippen LogP contribution is -2.16. The van der Waals surface area contributed by atoms with Gasteiger partial charge in [0.25, 0.3) is 0 Å². The molecular weight excluding hydrogens is 236 g/mol. The molecule has 2 aromatic rings. The molecule has 0 aliphatic carbocycles. The molecule has 0 fully saturated rings. The van der Waals surface area contributed by atoms with Crippen LogP contribution >= 0.6 is 0 Å². The fourth-order valence-electron chi connectivity index (χ4n) is 2.13. The molecule has 0 saturated heterocycles. The number of likely N-dealkylation sites (N-methyl/N-ethyl adjacent to an activating group) is 1. The highest BCUT2D eigenvalue weighted by Crippen LogP contribution is 2.10. The number of hydrogen-bond acceptors (Lipinski definition) is 3. The van der Waals surface area contributed by atoms with Gasteiger partial charge in [-0.2, -0.15) is 0 Å². The van der Waals surface area contributed by atoms with Crippen molar-refractivity contribution in [2.75, 3.05) is 13.6 Å². The summed E-state index contributed by atoms with van der Waals surface area (Å²) in [4.78, 5) is 0. The molecule has 0 amide bonds. The van der Waals surface area contributed by atoms with Crippen LogP contribution in [0, 0.1) is 6.92 Å². The zero-order valence-corrected chi connectivity index (χ0v) is 11.7. The highest BCUT2D eigenvalue weighted by atomic mass is 16.3. The smallest absolute Gasteiger partial charge is 0.117 e. The first-order chi connectivity index (χ1) is 9.29. The fourth-order valence-corrected chi connectivity index (χ4v) is 2.13. The van der Waals surface area contributed by atoms with Gasteiger partial charge >= 0.3 is 0 Å². The number of furan rings is 1. The van der Waals surface area contributed by atoms with Gasteiger partial charge in [-0.05, 0) is 50.2 Å². The van der Waals surface area contributed by atoms with Gasteiger partial charge in [0.15, 0.2) is 0 Å². The van der Waals surface area contributed by atoms with Gasteiger partial charge < -0.3 is 15.1 Å². The molecule has 102 valence electrons. The van der Waals surface area contributed by atoms with Crippen molar-refractivity contribution >= 4 is 0 Å². The summed E-state index contributed by atoms with van der Waals surface area (Å²) in [5, 5.41) is 6.63. The number of nitrogens with one attached hydrogen (secondary N) is 2. The van der Waals surface area contributed by atoms with Crippen LogP contribution in [0.4, 0.5) is 0 Å². The molecular formula is C16H22N2O. The Morgan fingerprint density at radius 3 is 2.47 bits per heavy atom. The maximum atomic E-state index is 5.54. The van der Waals surface area contributed by atoms with Crippen LogP contribution in [-0.4, -0.2) is 13.6 Å². The van der Waals surface area contributed by atoms with Crippen LogP contribution in [0.1, 0.15) is 22.6 Å². The lowest BCUT2D eigenvalue weighted by atomic mass is 10.0. The topological polar surface area (TPSA) is 37.2 Å². The molecule has 0 atom stereocenters. The van der Waals surface area contributed by atoms with Crippen LogP contribution in [0.5, 0.6) is 0 Å². The van der Waals surface area contributed by atoms with Crippen LogP contribution in [0.25, 0.3) is 0 Å². The van der Waals surface area contributed by atoms with E-state index in [1.165, 1.54) is 11.1 Å². The lowest BCUT2D eigenvalue weighted by molar-refractivity contribution is 0.461. The minimum absolute atomic E-state index is 0.772. The maximum absolute atomic E-state index is 5.54. The predicted octanol–water partition coefficient (Wildman–Crippen LogP) is 2.64. The maximum Gasteiger partial charge on any atom is 0.117 e. The van der Waals surface area contributed by atoms with E-state index < -0.39 is 0 Å². The first-order valence-corrected chi connectivity index (χ1v) is 6.77. The van der Waals surface area contributed by atoms with Crippen molar-refractivity contribution in [3.8, 4) is 0 Å². The van der Waals surface area contributed by atoms with Gasteiger partial charge in [0.1, 0.15) is 11.5 Å². The molecule has 0 radical (unpaired) electrons. The SMILES string of the molecule is CNCCc1ccccc1CNCc1ccc(C)o1. The van der Waals surface area contributed by atoms with E-state index in [1.807, 2.05) is 26.1 Å². The Bertz CT molecular complexity index is 505. The number of rotatable bonds is 7. The zero-order valence-electron chi connectivity index (χ0n) is 11.7. The molecule has 3 heteroatoms.